The number of rotatable bonds is 6. The Bertz CT molecular complexity index is 392. The van der Waals surface area contributed by atoms with Gasteiger partial charge in [-0.3, -0.25) is 4.79 Å². The van der Waals surface area contributed by atoms with Crippen LogP contribution >= 0.6 is 0 Å². The molecule has 0 fully saturated rings. The maximum absolute atomic E-state index is 11.7. The standard InChI is InChI=1S/C13H18N2O3/c1-2-11(15-12(16)8-14)13(17)18-9-10-6-4-3-5-7-10/h3-7,11H,2,8-9,14H2,1H3,(H,15,16)/t11-/m0/s1. The normalized spacial score (nSPS) is 11.7. The molecule has 0 radical (unpaired) electrons. The van der Waals surface area contributed by atoms with Crippen LogP contribution in [0.5, 0.6) is 0 Å². The minimum absolute atomic E-state index is 0.136. The van der Waals surface area contributed by atoms with Gasteiger partial charge >= 0.3 is 5.97 Å². The minimum Gasteiger partial charge on any atom is -0.459 e. The molecular formula is C13H18N2O3. The van der Waals surface area contributed by atoms with Crippen LogP contribution in [-0.4, -0.2) is 24.5 Å². The summed E-state index contributed by atoms with van der Waals surface area (Å²) in [5.74, 6) is -0.804. The molecule has 3 N–H and O–H groups in total. The summed E-state index contributed by atoms with van der Waals surface area (Å²) in [5, 5.41) is 2.51. The summed E-state index contributed by atoms with van der Waals surface area (Å²) in [4.78, 5) is 22.8. The van der Waals surface area contributed by atoms with E-state index in [-0.39, 0.29) is 19.1 Å². The lowest BCUT2D eigenvalue weighted by atomic mass is 10.2. The fourth-order valence-electron chi connectivity index (χ4n) is 1.41. The molecule has 0 unspecified atom stereocenters. The van der Waals surface area contributed by atoms with Crippen molar-refractivity contribution in [3.05, 3.63) is 35.9 Å². The molecule has 0 saturated carbocycles. The summed E-state index contributed by atoms with van der Waals surface area (Å²) in [6.07, 6.45) is 0.472. The summed E-state index contributed by atoms with van der Waals surface area (Å²) in [6, 6.07) is 8.73. The first-order valence-corrected chi connectivity index (χ1v) is 5.87. The number of nitrogens with one attached hydrogen (secondary N) is 1. The Morgan fingerprint density at radius 1 is 1.33 bits per heavy atom. The van der Waals surface area contributed by atoms with E-state index in [1.807, 2.05) is 30.3 Å². The predicted molar refractivity (Wildman–Crippen MR) is 67.5 cm³/mol. The molecule has 18 heavy (non-hydrogen) atoms. The molecule has 1 aromatic carbocycles. The van der Waals surface area contributed by atoms with E-state index in [2.05, 4.69) is 5.32 Å². The fourth-order valence-corrected chi connectivity index (χ4v) is 1.41. The minimum atomic E-state index is -0.634. The fraction of sp³-hybridized carbons (Fsp3) is 0.385. The molecule has 0 aliphatic rings. The number of carbonyl (C=O) groups excluding carboxylic acids is 2. The van der Waals surface area contributed by atoms with E-state index in [4.69, 9.17) is 10.5 Å². The van der Waals surface area contributed by atoms with Crippen LogP contribution in [0.4, 0.5) is 0 Å². The van der Waals surface area contributed by atoms with Crippen LogP contribution in [0.1, 0.15) is 18.9 Å². The van der Waals surface area contributed by atoms with Crippen LogP contribution in [0.25, 0.3) is 0 Å². The van der Waals surface area contributed by atoms with Gasteiger partial charge in [-0.25, -0.2) is 4.79 Å². The van der Waals surface area contributed by atoms with Crippen LogP contribution in [0.2, 0.25) is 0 Å². The molecule has 0 spiro atoms. The number of carbonyl (C=O) groups is 2. The highest BCUT2D eigenvalue weighted by atomic mass is 16.5. The Hall–Kier alpha value is -1.88. The van der Waals surface area contributed by atoms with E-state index >= 15 is 0 Å². The molecule has 5 heteroatoms. The average Bonchev–Trinajstić information content (AvgIpc) is 2.42. The molecule has 0 saturated heterocycles. The maximum Gasteiger partial charge on any atom is 0.328 e. The van der Waals surface area contributed by atoms with Crippen molar-refractivity contribution in [2.24, 2.45) is 5.73 Å². The molecule has 0 heterocycles. The van der Waals surface area contributed by atoms with Gasteiger partial charge in [-0.15, -0.1) is 0 Å². The van der Waals surface area contributed by atoms with Gasteiger partial charge in [-0.05, 0) is 12.0 Å². The first-order chi connectivity index (χ1) is 8.67. The van der Waals surface area contributed by atoms with Gasteiger partial charge in [-0.2, -0.15) is 0 Å². The van der Waals surface area contributed by atoms with Crippen molar-refractivity contribution in [3.63, 3.8) is 0 Å². The van der Waals surface area contributed by atoms with E-state index in [9.17, 15) is 9.59 Å². The smallest absolute Gasteiger partial charge is 0.328 e. The second kappa shape index (κ2) is 7.45. The first kappa shape index (κ1) is 14.2. The van der Waals surface area contributed by atoms with E-state index < -0.39 is 12.0 Å². The number of nitrogens with two attached hydrogens (primary N) is 1. The summed E-state index contributed by atoms with van der Waals surface area (Å²) in [7, 11) is 0. The Labute approximate surface area is 106 Å². The van der Waals surface area contributed by atoms with Gasteiger partial charge in [0.25, 0.3) is 0 Å². The molecule has 0 aliphatic carbocycles. The van der Waals surface area contributed by atoms with Crippen LogP contribution in [-0.2, 0) is 20.9 Å². The second-order valence-corrected chi connectivity index (χ2v) is 3.83. The van der Waals surface area contributed by atoms with Crippen LogP contribution in [0, 0.1) is 0 Å². The van der Waals surface area contributed by atoms with Gasteiger partial charge in [0, 0.05) is 0 Å². The molecule has 0 aliphatic heterocycles. The number of benzene rings is 1. The number of hydrogen-bond acceptors (Lipinski definition) is 4. The Kier molecular flexibility index (Phi) is 5.87. The highest BCUT2D eigenvalue weighted by Crippen LogP contribution is 2.03. The number of hydrogen-bond donors (Lipinski definition) is 2. The predicted octanol–water partition coefficient (Wildman–Crippen LogP) is 0.583. The zero-order valence-corrected chi connectivity index (χ0v) is 10.4. The van der Waals surface area contributed by atoms with Crippen molar-refractivity contribution < 1.29 is 14.3 Å². The average molecular weight is 250 g/mol. The highest BCUT2D eigenvalue weighted by molar-refractivity contribution is 5.85. The molecular weight excluding hydrogens is 232 g/mol. The third kappa shape index (κ3) is 4.55. The lowest BCUT2D eigenvalue weighted by molar-refractivity contribution is -0.149. The van der Waals surface area contributed by atoms with Crippen molar-refractivity contribution in [3.8, 4) is 0 Å². The molecule has 1 rings (SSSR count). The Morgan fingerprint density at radius 2 is 2.00 bits per heavy atom. The Morgan fingerprint density at radius 3 is 2.56 bits per heavy atom. The lowest BCUT2D eigenvalue weighted by Gasteiger charge is -2.15. The van der Waals surface area contributed by atoms with Crippen LogP contribution in [0.3, 0.4) is 0 Å². The monoisotopic (exact) mass is 250 g/mol. The van der Waals surface area contributed by atoms with Crippen molar-refractivity contribution in [1.29, 1.82) is 0 Å². The van der Waals surface area contributed by atoms with Crippen molar-refractivity contribution in [2.75, 3.05) is 6.54 Å². The molecule has 1 aromatic rings. The zero-order valence-electron chi connectivity index (χ0n) is 10.4. The zero-order chi connectivity index (χ0) is 13.4. The van der Waals surface area contributed by atoms with E-state index in [0.717, 1.165) is 5.56 Å². The maximum atomic E-state index is 11.7. The van der Waals surface area contributed by atoms with Crippen molar-refractivity contribution in [2.45, 2.75) is 26.0 Å². The molecule has 1 amide bonds. The summed E-state index contributed by atoms with van der Waals surface area (Å²) in [6.45, 7) is 1.86. The van der Waals surface area contributed by atoms with Crippen LogP contribution < -0.4 is 11.1 Å². The number of esters is 1. The van der Waals surface area contributed by atoms with Gasteiger partial charge in [-0.1, -0.05) is 37.3 Å². The van der Waals surface area contributed by atoms with Gasteiger partial charge in [0.1, 0.15) is 12.6 Å². The third-order valence-corrected chi connectivity index (χ3v) is 2.44. The number of ether oxygens (including phenoxy) is 1. The van der Waals surface area contributed by atoms with Gasteiger partial charge in [0.05, 0.1) is 6.54 Å². The molecule has 0 bridgehead atoms. The highest BCUT2D eigenvalue weighted by Gasteiger charge is 2.19. The first-order valence-electron chi connectivity index (χ1n) is 5.87. The van der Waals surface area contributed by atoms with Gasteiger partial charge in [0.2, 0.25) is 5.91 Å². The summed E-state index contributed by atoms with van der Waals surface area (Å²) >= 11 is 0. The van der Waals surface area contributed by atoms with E-state index in [1.165, 1.54) is 0 Å². The quantitative estimate of drug-likeness (QED) is 0.724. The van der Waals surface area contributed by atoms with Crippen molar-refractivity contribution >= 4 is 11.9 Å². The van der Waals surface area contributed by atoms with E-state index in [1.54, 1.807) is 6.92 Å². The molecule has 1 atom stereocenters. The largest absolute Gasteiger partial charge is 0.459 e. The molecule has 98 valence electrons. The summed E-state index contributed by atoms with van der Waals surface area (Å²) < 4.78 is 5.13. The van der Waals surface area contributed by atoms with Crippen molar-refractivity contribution in [1.82, 2.24) is 5.32 Å². The SMILES string of the molecule is CC[C@H](NC(=O)CN)C(=O)OCc1ccccc1. The molecule has 0 aromatic heterocycles. The summed E-state index contributed by atoms with van der Waals surface area (Å²) in [5.41, 5.74) is 6.08. The second-order valence-electron chi connectivity index (χ2n) is 3.83. The van der Waals surface area contributed by atoms with Crippen LogP contribution in [0.15, 0.2) is 30.3 Å². The Balaban J connectivity index is 2.45. The molecule has 5 nitrogen and oxygen atoms in total. The number of amides is 1. The van der Waals surface area contributed by atoms with Gasteiger partial charge < -0.3 is 15.8 Å². The lowest BCUT2D eigenvalue weighted by Crippen LogP contribution is -2.43. The van der Waals surface area contributed by atoms with Gasteiger partial charge in [0.15, 0.2) is 0 Å². The third-order valence-electron chi connectivity index (χ3n) is 2.44. The topological polar surface area (TPSA) is 81.4 Å². The van der Waals surface area contributed by atoms with E-state index in [0.29, 0.717) is 6.42 Å².